The number of aromatic amines is 2. The van der Waals surface area contributed by atoms with Crippen molar-refractivity contribution in [1.29, 1.82) is 0 Å². The van der Waals surface area contributed by atoms with E-state index >= 15 is 0 Å². The Morgan fingerprint density at radius 1 is 0.722 bits per heavy atom. The molecule has 7 rings (SSSR count). The Morgan fingerprint density at radius 2 is 1.13 bits per heavy atom. The van der Waals surface area contributed by atoms with E-state index in [0.717, 1.165) is 67.5 Å². The first-order valence-electron chi connectivity index (χ1n) is 18.1. The number of hydrogen-bond donors (Lipinski definition) is 4. The van der Waals surface area contributed by atoms with Gasteiger partial charge in [0.15, 0.2) is 0 Å². The number of amides is 4. The van der Waals surface area contributed by atoms with Crippen LogP contribution >= 0.6 is 22.7 Å². The van der Waals surface area contributed by atoms with Gasteiger partial charge >= 0.3 is 12.2 Å². The minimum atomic E-state index is -0.704. The van der Waals surface area contributed by atoms with Crippen LogP contribution in [0.1, 0.15) is 77.1 Å². The van der Waals surface area contributed by atoms with Gasteiger partial charge in [0.2, 0.25) is 11.8 Å². The minimum Gasteiger partial charge on any atom is -0.453 e. The summed E-state index contributed by atoms with van der Waals surface area (Å²) in [5.41, 5.74) is 3.21. The topological polar surface area (TPSA) is 200 Å². The molecule has 0 radical (unpaired) electrons. The molecule has 16 nitrogen and oxygen atoms in total. The van der Waals surface area contributed by atoms with E-state index in [2.05, 4.69) is 30.6 Å². The Kier molecular flexibility index (Phi) is 10.6. The molecule has 4 aromatic heterocycles. The van der Waals surface area contributed by atoms with E-state index in [1.165, 1.54) is 36.9 Å². The van der Waals surface area contributed by atoms with Crippen LogP contribution in [0, 0.1) is 11.8 Å². The van der Waals surface area contributed by atoms with Gasteiger partial charge in [-0.05, 0) is 49.7 Å². The highest BCUT2D eigenvalue weighted by Crippen LogP contribution is 2.39. The van der Waals surface area contributed by atoms with Crippen LogP contribution in [0.4, 0.5) is 9.59 Å². The van der Waals surface area contributed by atoms with Gasteiger partial charge in [0.05, 0.1) is 70.5 Å². The first-order chi connectivity index (χ1) is 25.9. The van der Waals surface area contributed by atoms with Crippen LogP contribution in [0.15, 0.2) is 24.5 Å². The highest BCUT2D eigenvalue weighted by molar-refractivity contribution is 7.23. The van der Waals surface area contributed by atoms with Gasteiger partial charge in [-0.25, -0.2) is 29.5 Å². The Labute approximate surface area is 319 Å². The van der Waals surface area contributed by atoms with Crippen LogP contribution < -0.4 is 10.6 Å². The third-order valence-corrected chi connectivity index (χ3v) is 12.1. The zero-order valence-corrected chi connectivity index (χ0v) is 32.6. The summed E-state index contributed by atoms with van der Waals surface area (Å²) in [6, 6.07) is 2.18. The average molecular weight is 777 g/mol. The smallest absolute Gasteiger partial charge is 0.407 e. The van der Waals surface area contributed by atoms with Gasteiger partial charge in [-0.2, -0.15) is 0 Å². The Bertz CT molecular complexity index is 1990. The number of likely N-dealkylation sites (tertiary alicyclic amines) is 2. The lowest BCUT2D eigenvalue weighted by atomic mass is 10.0. The molecule has 0 saturated carbocycles. The van der Waals surface area contributed by atoms with E-state index in [-0.39, 0.29) is 35.7 Å². The zero-order chi connectivity index (χ0) is 38.3. The molecule has 2 saturated heterocycles. The van der Waals surface area contributed by atoms with Crippen LogP contribution in [-0.2, 0) is 19.1 Å². The molecule has 286 valence electrons. The van der Waals surface area contributed by atoms with Crippen LogP contribution in [0.2, 0.25) is 0 Å². The van der Waals surface area contributed by atoms with Crippen molar-refractivity contribution in [3.8, 4) is 21.4 Å². The van der Waals surface area contributed by atoms with Crippen molar-refractivity contribution < 1.29 is 28.7 Å². The van der Waals surface area contributed by atoms with Crippen molar-refractivity contribution >= 4 is 67.1 Å². The molecule has 4 amide bonds. The number of H-pyrrole nitrogens is 2. The number of alkyl carbamates (subject to hydrolysis) is 2. The van der Waals surface area contributed by atoms with Gasteiger partial charge in [-0.3, -0.25) is 9.59 Å². The predicted octanol–water partition coefficient (Wildman–Crippen LogP) is 5.77. The van der Waals surface area contributed by atoms with Crippen molar-refractivity contribution in [2.45, 2.75) is 77.5 Å². The molecule has 0 bridgehead atoms. The fourth-order valence-electron chi connectivity index (χ4n) is 7.19. The number of carbonyl (C=O) groups excluding carboxylic acids is 4. The summed E-state index contributed by atoms with van der Waals surface area (Å²) in [5, 5.41) is 6.93. The third-order valence-electron chi connectivity index (χ3n) is 10.0. The number of fused-ring (bicyclic) bond motifs is 2. The quantitative estimate of drug-likeness (QED) is 0.135. The molecular formula is C36H44N10O6S2. The fraction of sp³-hybridized carbons (Fsp3) is 0.500. The van der Waals surface area contributed by atoms with Gasteiger partial charge in [0.1, 0.15) is 33.7 Å². The molecule has 2 aliphatic heterocycles. The molecule has 5 aromatic rings. The van der Waals surface area contributed by atoms with Gasteiger partial charge in [-0.15, -0.1) is 22.7 Å². The number of ether oxygens (including phenoxy) is 2. The summed E-state index contributed by atoms with van der Waals surface area (Å²) in [6.45, 7) is 8.72. The molecule has 0 aliphatic carbocycles. The highest BCUT2D eigenvalue weighted by atomic mass is 32.1. The summed E-state index contributed by atoms with van der Waals surface area (Å²) in [5.74, 6) is 0.817. The number of imidazole rings is 2. The maximum absolute atomic E-state index is 13.6. The molecule has 4 N–H and O–H groups in total. The molecular weight excluding hydrogens is 733 g/mol. The standard InChI is InChI=1S/C36H44N10O6S2/c1-17(2)27(43-35(49)51-5)33(47)45-11-7-9-23(45)29-37-15-21(39-29)31-41-19-13-26-20(14-25(19)53-31)42-32(54-26)22-16-38-30(40-22)24-10-8-12-46(24)34(48)28(18(3)4)44-36(50)52-6/h13-18,23-24,27-28H,7-12H2,1-6H3,(H,37,39)(H,38,40)(H,43,49)(H,44,50). The number of thiazole rings is 2. The average Bonchev–Trinajstić information content (AvgIpc) is 4.00. The summed E-state index contributed by atoms with van der Waals surface area (Å²) in [4.78, 5) is 80.6. The van der Waals surface area contributed by atoms with Gasteiger partial charge in [-0.1, -0.05) is 27.7 Å². The minimum absolute atomic E-state index is 0.119. The van der Waals surface area contributed by atoms with E-state index in [4.69, 9.17) is 19.4 Å². The second kappa shape index (κ2) is 15.3. The molecule has 0 spiro atoms. The van der Waals surface area contributed by atoms with Crippen molar-refractivity contribution in [2.24, 2.45) is 11.8 Å². The lowest BCUT2D eigenvalue weighted by molar-refractivity contribution is -0.136. The summed E-state index contributed by atoms with van der Waals surface area (Å²) >= 11 is 3.07. The molecule has 18 heteroatoms. The van der Waals surface area contributed by atoms with Crippen LogP contribution in [0.5, 0.6) is 0 Å². The maximum atomic E-state index is 13.6. The van der Waals surface area contributed by atoms with Crippen LogP contribution in [-0.4, -0.2) is 103 Å². The van der Waals surface area contributed by atoms with Crippen molar-refractivity contribution in [2.75, 3.05) is 27.3 Å². The summed E-state index contributed by atoms with van der Waals surface area (Å²) in [6.07, 6.45) is 5.42. The maximum Gasteiger partial charge on any atom is 0.407 e. The van der Waals surface area contributed by atoms with E-state index < -0.39 is 24.3 Å². The SMILES string of the molecule is COC(=O)NC(C(=O)N1CCCC1c1ncc(-c2nc3cc4sc(-c5cnc(C6CCCN6C(=O)C(NC(=O)OC)C(C)C)[nH]5)nc4cc3s2)[nH]1)C(C)C. The highest BCUT2D eigenvalue weighted by Gasteiger charge is 2.39. The van der Waals surface area contributed by atoms with E-state index in [0.29, 0.717) is 24.7 Å². The van der Waals surface area contributed by atoms with Crippen LogP contribution in [0.3, 0.4) is 0 Å². The lowest BCUT2D eigenvalue weighted by Crippen LogP contribution is -2.51. The first-order valence-corrected chi connectivity index (χ1v) is 19.7. The largest absolute Gasteiger partial charge is 0.453 e. The monoisotopic (exact) mass is 776 g/mol. The normalized spacial score (nSPS) is 18.5. The van der Waals surface area contributed by atoms with Gasteiger partial charge in [0, 0.05) is 13.1 Å². The second-order valence-corrected chi connectivity index (χ2v) is 16.3. The third kappa shape index (κ3) is 7.23. The molecule has 2 aliphatic rings. The zero-order valence-electron chi connectivity index (χ0n) is 31.0. The molecule has 1 aromatic carbocycles. The molecule has 4 atom stereocenters. The lowest BCUT2D eigenvalue weighted by Gasteiger charge is -2.29. The molecule has 4 unspecified atom stereocenters. The number of nitrogens with one attached hydrogen (secondary N) is 4. The number of nitrogens with zero attached hydrogens (tertiary/aromatic N) is 6. The number of aromatic nitrogens is 6. The number of rotatable bonds is 10. The molecule has 54 heavy (non-hydrogen) atoms. The number of benzene rings is 1. The van der Waals surface area contributed by atoms with E-state index in [9.17, 15) is 19.2 Å². The number of hydrogen-bond acceptors (Lipinski definition) is 12. The fourth-order valence-corrected chi connectivity index (χ4v) is 9.09. The number of carbonyl (C=O) groups is 4. The van der Waals surface area contributed by atoms with Crippen molar-refractivity contribution in [1.82, 2.24) is 50.3 Å². The summed E-state index contributed by atoms with van der Waals surface area (Å²) < 4.78 is 11.5. The Balaban J connectivity index is 1.07. The Morgan fingerprint density at radius 3 is 1.50 bits per heavy atom. The van der Waals surface area contributed by atoms with Crippen LogP contribution in [0.25, 0.3) is 41.8 Å². The number of methoxy groups -OCH3 is 2. The molecule has 6 heterocycles. The van der Waals surface area contributed by atoms with E-state index in [1.54, 1.807) is 22.2 Å². The van der Waals surface area contributed by atoms with Gasteiger partial charge in [0.25, 0.3) is 0 Å². The second-order valence-electron chi connectivity index (χ2n) is 14.3. The summed E-state index contributed by atoms with van der Waals surface area (Å²) in [7, 11) is 2.57. The molecule has 2 fully saturated rings. The van der Waals surface area contributed by atoms with Gasteiger partial charge < -0.3 is 39.9 Å². The first kappa shape index (κ1) is 37.2. The predicted molar refractivity (Wildman–Crippen MR) is 204 cm³/mol. The Hall–Kier alpha value is -5.10. The van der Waals surface area contributed by atoms with E-state index in [1.807, 2.05) is 39.8 Å². The van der Waals surface area contributed by atoms with Crippen molar-refractivity contribution in [3.05, 3.63) is 36.2 Å². The van der Waals surface area contributed by atoms with Crippen molar-refractivity contribution in [3.63, 3.8) is 0 Å².